The van der Waals surface area contributed by atoms with Gasteiger partial charge in [0.1, 0.15) is 5.01 Å². The lowest BCUT2D eigenvalue weighted by molar-refractivity contribution is -0.130. The summed E-state index contributed by atoms with van der Waals surface area (Å²) in [6, 6.07) is 12.5. The van der Waals surface area contributed by atoms with E-state index < -0.39 is 0 Å². The highest BCUT2D eigenvalue weighted by molar-refractivity contribution is 7.14. The quantitative estimate of drug-likeness (QED) is 0.702. The van der Waals surface area contributed by atoms with Crippen molar-refractivity contribution >= 4 is 34.3 Å². The molecule has 3 aromatic rings. The van der Waals surface area contributed by atoms with Crippen LogP contribution in [0.4, 0.5) is 5.69 Å². The second-order valence-electron chi connectivity index (χ2n) is 6.04. The van der Waals surface area contributed by atoms with Crippen LogP contribution in [-0.4, -0.2) is 42.0 Å². The molecule has 0 bridgehead atoms. The summed E-state index contributed by atoms with van der Waals surface area (Å²) in [6.07, 6.45) is 0.395. The Balaban J connectivity index is 1.34. The molecule has 128 valence electrons. The fourth-order valence-corrected chi connectivity index (χ4v) is 4.56. The van der Waals surface area contributed by atoms with Crippen LogP contribution in [0.3, 0.4) is 0 Å². The van der Waals surface area contributed by atoms with Gasteiger partial charge in [-0.1, -0.05) is 18.2 Å². The van der Waals surface area contributed by atoms with Crippen LogP contribution in [0.2, 0.25) is 0 Å². The Morgan fingerprint density at radius 1 is 1.04 bits per heavy atom. The van der Waals surface area contributed by atoms with Crippen LogP contribution in [0.15, 0.2) is 52.5 Å². The van der Waals surface area contributed by atoms with E-state index in [1.807, 2.05) is 21.7 Å². The molecule has 6 heteroatoms. The van der Waals surface area contributed by atoms with Gasteiger partial charge in [0.25, 0.3) is 0 Å². The molecule has 1 fully saturated rings. The van der Waals surface area contributed by atoms with E-state index in [0.29, 0.717) is 6.42 Å². The van der Waals surface area contributed by atoms with Gasteiger partial charge in [0.05, 0.1) is 12.1 Å². The molecule has 3 heterocycles. The molecule has 4 nitrogen and oxygen atoms in total. The average Bonchev–Trinajstić information content (AvgIpc) is 3.34. The van der Waals surface area contributed by atoms with Crippen LogP contribution in [0.1, 0.15) is 5.69 Å². The van der Waals surface area contributed by atoms with Gasteiger partial charge in [-0.2, -0.15) is 11.3 Å². The number of nitrogens with zero attached hydrogens (tertiary/aromatic N) is 3. The maximum Gasteiger partial charge on any atom is 0.228 e. The average molecular weight is 370 g/mol. The Labute approximate surface area is 155 Å². The number of thiazole rings is 1. The summed E-state index contributed by atoms with van der Waals surface area (Å²) in [6.45, 7) is 3.31. The van der Waals surface area contributed by atoms with Crippen molar-refractivity contribution in [1.29, 1.82) is 0 Å². The van der Waals surface area contributed by atoms with Crippen molar-refractivity contribution in [3.8, 4) is 10.6 Å². The number of carbonyl (C=O) groups is 1. The number of amides is 1. The summed E-state index contributed by atoms with van der Waals surface area (Å²) in [5, 5.41) is 7.14. The summed E-state index contributed by atoms with van der Waals surface area (Å²) in [5.41, 5.74) is 3.25. The normalized spacial score (nSPS) is 14.7. The van der Waals surface area contributed by atoms with Crippen molar-refractivity contribution in [2.45, 2.75) is 6.42 Å². The second kappa shape index (κ2) is 7.37. The van der Waals surface area contributed by atoms with Gasteiger partial charge in [-0.3, -0.25) is 4.79 Å². The third-order valence-corrected chi connectivity index (χ3v) is 6.03. The Bertz CT molecular complexity index is 821. The molecule has 25 heavy (non-hydrogen) atoms. The molecule has 0 aliphatic carbocycles. The number of anilines is 1. The molecule has 4 rings (SSSR count). The minimum Gasteiger partial charge on any atom is -0.368 e. The lowest BCUT2D eigenvalue weighted by atomic mass is 10.2. The first-order valence-electron chi connectivity index (χ1n) is 8.34. The van der Waals surface area contributed by atoms with Gasteiger partial charge in [-0.25, -0.2) is 4.98 Å². The number of hydrogen-bond acceptors (Lipinski definition) is 5. The number of rotatable bonds is 4. The number of para-hydroxylation sites is 1. The number of aromatic nitrogens is 1. The minimum absolute atomic E-state index is 0.176. The van der Waals surface area contributed by atoms with E-state index in [-0.39, 0.29) is 5.91 Å². The van der Waals surface area contributed by atoms with Gasteiger partial charge in [0.15, 0.2) is 0 Å². The largest absolute Gasteiger partial charge is 0.368 e. The van der Waals surface area contributed by atoms with E-state index in [1.165, 1.54) is 5.69 Å². The van der Waals surface area contributed by atoms with Crippen molar-refractivity contribution in [3.05, 3.63) is 58.2 Å². The zero-order valence-corrected chi connectivity index (χ0v) is 15.4. The summed E-state index contributed by atoms with van der Waals surface area (Å²) in [4.78, 5) is 21.5. The number of thiophene rings is 1. The first-order valence-corrected chi connectivity index (χ1v) is 10.2. The van der Waals surface area contributed by atoms with Gasteiger partial charge in [0.2, 0.25) is 5.91 Å². The molecule has 0 atom stereocenters. The van der Waals surface area contributed by atoms with E-state index in [9.17, 15) is 4.79 Å². The van der Waals surface area contributed by atoms with Gasteiger partial charge in [-0.05, 0) is 23.6 Å². The summed E-state index contributed by atoms with van der Waals surface area (Å²) >= 11 is 3.28. The van der Waals surface area contributed by atoms with Crippen molar-refractivity contribution in [2.75, 3.05) is 31.1 Å². The number of hydrogen-bond donors (Lipinski definition) is 0. The van der Waals surface area contributed by atoms with E-state index in [2.05, 4.69) is 45.6 Å². The topological polar surface area (TPSA) is 36.4 Å². The Morgan fingerprint density at radius 3 is 2.56 bits per heavy atom. The van der Waals surface area contributed by atoms with Crippen LogP contribution in [0.5, 0.6) is 0 Å². The Morgan fingerprint density at radius 2 is 1.84 bits per heavy atom. The molecule has 0 radical (unpaired) electrons. The molecular weight excluding hydrogens is 350 g/mol. The predicted octanol–water partition coefficient (Wildman–Crippen LogP) is 3.76. The van der Waals surface area contributed by atoms with E-state index in [4.69, 9.17) is 0 Å². The summed E-state index contributed by atoms with van der Waals surface area (Å²) < 4.78 is 0. The summed E-state index contributed by atoms with van der Waals surface area (Å²) in [5.74, 6) is 0.176. The molecule has 0 saturated carbocycles. The fraction of sp³-hybridized carbons (Fsp3) is 0.263. The lowest BCUT2D eigenvalue weighted by Crippen LogP contribution is -2.49. The van der Waals surface area contributed by atoms with Gasteiger partial charge >= 0.3 is 0 Å². The van der Waals surface area contributed by atoms with Crippen LogP contribution in [0, 0.1) is 0 Å². The second-order valence-corrected chi connectivity index (χ2v) is 7.67. The first kappa shape index (κ1) is 16.3. The Hall–Kier alpha value is -2.18. The molecule has 2 aromatic heterocycles. The van der Waals surface area contributed by atoms with Crippen molar-refractivity contribution in [3.63, 3.8) is 0 Å². The maximum atomic E-state index is 12.6. The van der Waals surface area contributed by atoms with Crippen LogP contribution in [-0.2, 0) is 11.2 Å². The van der Waals surface area contributed by atoms with Crippen LogP contribution in [0.25, 0.3) is 10.6 Å². The number of benzene rings is 1. The monoisotopic (exact) mass is 369 g/mol. The summed E-state index contributed by atoms with van der Waals surface area (Å²) in [7, 11) is 0. The van der Waals surface area contributed by atoms with Crippen molar-refractivity contribution in [2.24, 2.45) is 0 Å². The smallest absolute Gasteiger partial charge is 0.228 e. The van der Waals surface area contributed by atoms with Gasteiger partial charge in [0, 0.05) is 48.2 Å². The van der Waals surface area contributed by atoms with Crippen LogP contribution < -0.4 is 4.90 Å². The zero-order valence-electron chi connectivity index (χ0n) is 13.8. The fourth-order valence-electron chi connectivity index (χ4n) is 3.03. The van der Waals surface area contributed by atoms with E-state index >= 15 is 0 Å². The maximum absolute atomic E-state index is 12.6. The number of piperazine rings is 1. The Kier molecular flexibility index (Phi) is 4.81. The highest BCUT2D eigenvalue weighted by Crippen LogP contribution is 2.26. The third-order valence-electron chi connectivity index (χ3n) is 4.41. The lowest BCUT2D eigenvalue weighted by Gasteiger charge is -2.36. The minimum atomic E-state index is 0.176. The van der Waals surface area contributed by atoms with E-state index in [1.54, 1.807) is 22.7 Å². The molecule has 1 aliphatic heterocycles. The molecule has 1 aliphatic rings. The van der Waals surface area contributed by atoms with Crippen LogP contribution >= 0.6 is 22.7 Å². The molecule has 1 amide bonds. The van der Waals surface area contributed by atoms with Gasteiger partial charge in [-0.15, -0.1) is 11.3 Å². The molecule has 0 spiro atoms. The highest BCUT2D eigenvalue weighted by atomic mass is 32.1. The van der Waals surface area contributed by atoms with E-state index in [0.717, 1.165) is 42.4 Å². The predicted molar refractivity (Wildman–Crippen MR) is 104 cm³/mol. The molecule has 0 unspecified atom stereocenters. The standard InChI is InChI=1S/C19H19N3OS2/c23-18(12-16-14-25-19(20-16)15-6-11-24-13-15)22-9-7-21(8-10-22)17-4-2-1-3-5-17/h1-6,11,13-14H,7-10,12H2. The third kappa shape index (κ3) is 3.75. The molecule has 0 N–H and O–H groups in total. The highest BCUT2D eigenvalue weighted by Gasteiger charge is 2.22. The number of carbonyl (C=O) groups excluding carboxylic acids is 1. The first-order chi connectivity index (χ1) is 12.3. The van der Waals surface area contributed by atoms with Crippen molar-refractivity contribution in [1.82, 2.24) is 9.88 Å². The molecular formula is C19H19N3OS2. The van der Waals surface area contributed by atoms with Gasteiger partial charge < -0.3 is 9.80 Å². The zero-order chi connectivity index (χ0) is 17.1. The molecule has 1 aromatic carbocycles. The SMILES string of the molecule is O=C(Cc1csc(-c2ccsc2)n1)N1CCN(c2ccccc2)CC1. The van der Waals surface area contributed by atoms with Crippen molar-refractivity contribution < 1.29 is 4.79 Å². The molecule has 1 saturated heterocycles.